The Morgan fingerprint density at radius 3 is 2.39 bits per heavy atom. The van der Waals surface area contributed by atoms with Crippen molar-refractivity contribution in [1.29, 1.82) is 0 Å². The van der Waals surface area contributed by atoms with Crippen molar-refractivity contribution in [2.24, 2.45) is 5.73 Å². The Morgan fingerprint density at radius 2 is 1.91 bits per heavy atom. The molecule has 3 atom stereocenters. The quantitative estimate of drug-likeness (QED) is 0.251. The van der Waals surface area contributed by atoms with Crippen LogP contribution in [0, 0.1) is 0 Å². The highest BCUT2D eigenvalue weighted by molar-refractivity contribution is 7.99. The second kappa shape index (κ2) is 11.3. The summed E-state index contributed by atoms with van der Waals surface area (Å²) < 4.78 is 0. The maximum absolute atomic E-state index is 11.9. The molecular formula is C13H24N3O5S2+. The number of ketones is 1. The van der Waals surface area contributed by atoms with Gasteiger partial charge in [-0.3, -0.25) is 14.4 Å². The minimum Gasteiger partial charge on any atom is -0.564 e. The third-order valence-electron chi connectivity index (χ3n) is 3.10. The number of Topliss-reactive ketones (excluding diaryl/α,β-unsaturated/α-hetero) is 1. The lowest BCUT2D eigenvalue weighted by molar-refractivity contribution is -0.138. The van der Waals surface area contributed by atoms with E-state index in [1.54, 1.807) is 13.2 Å². The van der Waals surface area contributed by atoms with Crippen molar-refractivity contribution >= 4 is 48.0 Å². The molecule has 0 heterocycles. The lowest BCUT2D eigenvalue weighted by atomic mass is 10.1. The van der Waals surface area contributed by atoms with Crippen LogP contribution in [0.1, 0.15) is 19.8 Å². The van der Waals surface area contributed by atoms with Crippen LogP contribution in [0.5, 0.6) is 0 Å². The van der Waals surface area contributed by atoms with E-state index in [4.69, 9.17) is 10.8 Å². The topological polar surface area (TPSA) is 141 Å². The molecule has 10 heteroatoms. The first kappa shape index (κ1) is 21.7. The number of thiol groups is 1. The standard InChI is InChI=1S/C13H23N3O5S2/c1-7(23-2)10(17)5-15-12(19)9(6-22)16-11(18)4-3-8(14)13(20)21/h7-9,22H,3-6,14H2,1-2H3,(H,15,19)(H,16,18)(H,20,21)/p+1. The average Bonchev–Trinajstić information content (AvgIpc) is 2.53. The van der Waals surface area contributed by atoms with Crippen LogP contribution >= 0.6 is 24.4 Å². The minimum absolute atomic E-state index is 0.0266. The number of carbonyl (C=O) groups is 4. The Hall–Kier alpha value is -1.26. The molecule has 0 spiro atoms. The van der Waals surface area contributed by atoms with E-state index < -0.39 is 29.9 Å². The summed E-state index contributed by atoms with van der Waals surface area (Å²) in [5.41, 5.74) is 5.36. The minimum atomic E-state index is -1.02. The van der Waals surface area contributed by atoms with Gasteiger partial charge in [0.25, 0.3) is 0 Å². The van der Waals surface area contributed by atoms with Gasteiger partial charge in [-0.1, -0.05) is 0 Å². The molecule has 0 rings (SSSR count). The summed E-state index contributed by atoms with van der Waals surface area (Å²) in [4.78, 5) is 46.0. The summed E-state index contributed by atoms with van der Waals surface area (Å²) in [5, 5.41) is 11.5. The molecule has 0 radical (unpaired) electrons. The van der Waals surface area contributed by atoms with Crippen molar-refractivity contribution in [2.75, 3.05) is 18.6 Å². The molecule has 0 saturated heterocycles. The van der Waals surface area contributed by atoms with Gasteiger partial charge in [-0.05, 0) is 19.6 Å². The maximum Gasteiger partial charge on any atom is 0.532 e. The highest BCUT2D eigenvalue weighted by Crippen LogP contribution is 2.05. The summed E-state index contributed by atoms with van der Waals surface area (Å²) in [7, 11) is 0. The monoisotopic (exact) mass is 366 g/mol. The molecule has 0 bridgehead atoms. The molecule has 132 valence electrons. The molecule has 0 fully saturated rings. The lowest BCUT2D eigenvalue weighted by Gasteiger charge is -2.17. The zero-order chi connectivity index (χ0) is 18.0. The predicted molar refractivity (Wildman–Crippen MR) is 92.6 cm³/mol. The molecule has 2 amide bonds. The van der Waals surface area contributed by atoms with Crippen molar-refractivity contribution in [1.82, 2.24) is 10.6 Å². The van der Waals surface area contributed by atoms with Gasteiger partial charge in [0, 0.05) is 17.0 Å². The number of rotatable bonds is 11. The van der Waals surface area contributed by atoms with Gasteiger partial charge in [0.1, 0.15) is 6.04 Å². The summed E-state index contributed by atoms with van der Waals surface area (Å²) in [6.45, 7) is 1.63. The first-order valence-corrected chi connectivity index (χ1v) is 8.89. The fourth-order valence-corrected chi connectivity index (χ4v) is 2.05. The van der Waals surface area contributed by atoms with E-state index in [1.165, 1.54) is 11.8 Å². The first-order chi connectivity index (χ1) is 10.7. The molecule has 0 aromatic rings. The number of nitrogens with two attached hydrogens (primary N) is 1. The predicted octanol–water partition coefficient (Wildman–Crippen LogP) is -1.80. The molecule has 0 aromatic carbocycles. The summed E-state index contributed by atoms with van der Waals surface area (Å²) in [6.07, 6.45) is 1.75. The van der Waals surface area contributed by atoms with E-state index in [0.717, 1.165) is 0 Å². The van der Waals surface area contributed by atoms with Crippen molar-refractivity contribution in [3.8, 4) is 0 Å². The number of carbonyl (C=O) groups excluding carboxylic acids is 4. The lowest BCUT2D eigenvalue weighted by Crippen LogP contribution is -2.49. The fourth-order valence-electron chi connectivity index (χ4n) is 1.45. The SMILES string of the molecule is CSC(C)C(=O)CNC(=O)C(CS)NC(=O)CCC(N)C(=O)[OH2+]. The van der Waals surface area contributed by atoms with Crippen LogP contribution in [0.2, 0.25) is 0 Å². The van der Waals surface area contributed by atoms with Crippen LogP contribution in [0.25, 0.3) is 0 Å². The highest BCUT2D eigenvalue weighted by Gasteiger charge is 2.23. The molecule has 3 unspecified atom stereocenters. The third-order valence-corrected chi connectivity index (χ3v) is 4.43. The second-order valence-corrected chi connectivity index (χ2v) is 6.42. The van der Waals surface area contributed by atoms with Gasteiger partial charge in [0.15, 0.2) is 11.8 Å². The van der Waals surface area contributed by atoms with Crippen LogP contribution in [-0.4, -0.2) is 64.6 Å². The van der Waals surface area contributed by atoms with E-state index >= 15 is 0 Å². The van der Waals surface area contributed by atoms with Gasteiger partial charge in [-0.2, -0.15) is 24.4 Å². The van der Waals surface area contributed by atoms with Gasteiger partial charge >= 0.3 is 5.97 Å². The third kappa shape index (κ3) is 8.82. The fraction of sp³-hybridized carbons (Fsp3) is 0.692. The summed E-state index contributed by atoms with van der Waals surface area (Å²) >= 11 is 5.38. The van der Waals surface area contributed by atoms with Crippen LogP contribution in [0.15, 0.2) is 0 Å². The smallest absolute Gasteiger partial charge is 0.532 e. The van der Waals surface area contributed by atoms with Gasteiger partial charge in [-0.15, -0.1) is 0 Å². The van der Waals surface area contributed by atoms with Gasteiger partial charge < -0.3 is 21.5 Å². The van der Waals surface area contributed by atoms with Crippen molar-refractivity contribution in [3.63, 3.8) is 0 Å². The normalized spacial score (nSPS) is 14.4. The van der Waals surface area contributed by atoms with Crippen LogP contribution in [0.4, 0.5) is 0 Å². The van der Waals surface area contributed by atoms with E-state index in [-0.39, 0.29) is 36.2 Å². The van der Waals surface area contributed by atoms with Crippen molar-refractivity contribution in [3.05, 3.63) is 0 Å². The molecule has 0 aromatic heterocycles. The second-order valence-electron chi connectivity index (χ2n) is 4.87. The molecular weight excluding hydrogens is 342 g/mol. The van der Waals surface area contributed by atoms with E-state index in [0.29, 0.717) is 0 Å². The zero-order valence-electron chi connectivity index (χ0n) is 13.1. The van der Waals surface area contributed by atoms with E-state index in [9.17, 15) is 19.2 Å². The van der Waals surface area contributed by atoms with E-state index in [1.807, 2.05) is 0 Å². The maximum atomic E-state index is 11.9. The first-order valence-electron chi connectivity index (χ1n) is 6.97. The van der Waals surface area contributed by atoms with Crippen molar-refractivity contribution in [2.45, 2.75) is 37.1 Å². The number of hydrogen-bond donors (Lipinski definition) is 4. The Balaban J connectivity index is 4.31. The molecule has 8 nitrogen and oxygen atoms in total. The molecule has 0 aliphatic rings. The summed E-state index contributed by atoms with van der Waals surface area (Å²) in [5.74, 6) is -1.97. The Morgan fingerprint density at radius 1 is 1.30 bits per heavy atom. The van der Waals surface area contributed by atoms with E-state index in [2.05, 4.69) is 23.3 Å². The molecule has 6 N–H and O–H groups in total. The molecule has 0 aliphatic carbocycles. The number of nitrogens with one attached hydrogen (secondary N) is 2. The van der Waals surface area contributed by atoms with Gasteiger partial charge in [0.2, 0.25) is 11.8 Å². The van der Waals surface area contributed by atoms with Crippen molar-refractivity contribution < 1.29 is 24.3 Å². The molecule has 0 saturated carbocycles. The summed E-state index contributed by atoms with van der Waals surface area (Å²) in [6, 6.07) is -1.90. The average molecular weight is 366 g/mol. The zero-order valence-corrected chi connectivity index (χ0v) is 14.8. The van der Waals surface area contributed by atoms with Crippen LogP contribution in [-0.2, 0) is 19.2 Å². The Kier molecular flexibility index (Phi) is 10.7. The number of hydrogen-bond acceptors (Lipinski definition) is 7. The Bertz CT molecular complexity index is 447. The molecule has 0 aliphatic heterocycles. The Labute approximate surface area is 144 Å². The van der Waals surface area contributed by atoms with Crippen LogP contribution < -0.4 is 16.4 Å². The number of thioether (sulfide) groups is 1. The van der Waals surface area contributed by atoms with Gasteiger partial charge in [0.05, 0.1) is 11.8 Å². The highest BCUT2D eigenvalue weighted by atomic mass is 32.2. The molecule has 23 heavy (non-hydrogen) atoms. The largest absolute Gasteiger partial charge is 0.564 e. The van der Waals surface area contributed by atoms with Gasteiger partial charge in [-0.25, -0.2) is 0 Å². The number of amides is 2. The van der Waals surface area contributed by atoms with Crippen LogP contribution in [0.3, 0.4) is 0 Å².